The highest BCUT2D eigenvalue weighted by molar-refractivity contribution is 5.95. The molecule has 2 atom stereocenters. The Bertz CT molecular complexity index is 1210. The lowest BCUT2D eigenvalue weighted by Crippen LogP contribution is -2.56. The van der Waals surface area contributed by atoms with Crippen molar-refractivity contribution < 1.29 is 31.5 Å². The molecule has 0 aliphatic carbocycles. The van der Waals surface area contributed by atoms with Gasteiger partial charge in [0.05, 0.1) is 24.8 Å². The first kappa shape index (κ1) is 20.4. The Morgan fingerprint density at radius 2 is 1.91 bits per heavy atom. The molecule has 2 aliphatic heterocycles. The van der Waals surface area contributed by atoms with Gasteiger partial charge in [-0.3, -0.25) is 4.79 Å². The fourth-order valence-electron chi connectivity index (χ4n) is 4.00. The lowest BCUT2D eigenvalue weighted by Gasteiger charge is -2.45. The number of aromatic nitrogens is 5. The van der Waals surface area contributed by atoms with E-state index in [0.29, 0.717) is 0 Å². The Hall–Kier alpha value is -3.48. The minimum Gasteiger partial charge on any atom is -0.377 e. The van der Waals surface area contributed by atoms with Gasteiger partial charge < -0.3 is 14.2 Å². The Morgan fingerprint density at radius 3 is 2.66 bits per heavy atom. The Balaban J connectivity index is 1.56. The van der Waals surface area contributed by atoms with Gasteiger partial charge in [0.1, 0.15) is 11.7 Å². The molecular weight excluding hydrogens is 439 g/mol. The fourth-order valence-corrected chi connectivity index (χ4v) is 4.00. The van der Waals surface area contributed by atoms with E-state index in [1.165, 1.54) is 23.2 Å². The first-order valence-electron chi connectivity index (χ1n) is 9.43. The first-order chi connectivity index (χ1) is 15.3. The summed E-state index contributed by atoms with van der Waals surface area (Å²) in [6.45, 7) is 0.0709. The molecule has 2 bridgehead atoms. The summed E-state index contributed by atoms with van der Waals surface area (Å²) in [5, 5.41) is 8.05. The Morgan fingerprint density at radius 1 is 1.09 bits per heavy atom. The molecule has 8 nitrogen and oxygen atoms in total. The number of ether oxygens (including phenoxy) is 1. The van der Waals surface area contributed by atoms with Gasteiger partial charge in [0, 0.05) is 18.9 Å². The van der Waals surface area contributed by atoms with E-state index in [1.807, 2.05) is 0 Å². The molecule has 0 radical (unpaired) electrons. The molecule has 0 saturated carbocycles. The largest absolute Gasteiger partial charge is 0.436 e. The number of morpholine rings is 1. The van der Waals surface area contributed by atoms with Crippen LogP contribution in [0, 0.1) is 11.6 Å². The summed E-state index contributed by atoms with van der Waals surface area (Å²) in [6.07, 6.45) is -2.92. The average Bonchev–Trinajstić information content (AvgIpc) is 3.16. The first-order valence-corrected chi connectivity index (χ1v) is 9.43. The van der Waals surface area contributed by atoms with E-state index >= 15 is 0 Å². The molecule has 0 N–H and O–H groups in total. The van der Waals surface area contributed by atoms with Crippen LogP contribution < -0.4 is 0 Å². The molecule has 1 amide bonds. The van der Waals surface area contributed by atoms with Gasteiger partial charge in [-0.25, -0.2) is 18.7 Å². The topological polar surface area (TPSA) is 86.0 Å². The van der Waals surface area contributed by atoms with Gasteiger partial charge in [-0.05, 0) is 18.2 Å². The van der Waals surface area contributed by atoms with Crippen molar-refractivity contribution in [1.29, 1.82) is 0 Å². The molecule has 0 aromatic carbocycles. The number of pyridine rings is 2. The van der Waals surface area contributed by atoms with Crippen LogP contribution in [0.2, 0.25) is 0 Å². The molecule has 1 fully saturated rings. The number of rotatable bonds is 2. The zero-order valence-electron chi connectivity index (χ0n) is 16.1. The van der Waals surface area contributed by atoms with E-state index in [2.05, 4.69) is 20.2 Å². The number of hydrogen-bond acceptors (Lipinski definition) is 6. The third-order valence-corrected chi connectivity index (χ3v) is 5.38. The Labute approximate surface area is 176 Å². The van der Waals surface area contributed by atoms with Crippen molar-refractivity contribution in [3.8, 4) is 11.5 Å². The van der Waals surface area contributed by atoms with Crippen LogP contribution in [0.3, 0.4) is 0 Å². The third kappa shape index (κ3) is 3.11. The second-order valence-corrected chi connectivity index (χ2v) is 7.26. The van der Waals surface area contributed by atoms with Crippen LogP contribution in [0.15, 0.2) is 30.6 Å². The quantitative estimate of drug-likeness (QED) is 0.556. The standard InChI is InChI=1S/C19H13F5N6O2/c20-11-2-1-4-25-14(11)17-28-27-16-12-8-32-7-9(6-29(16)17)30(12)18(31)10-3-5-26-15(13(10)21)19(22,23)24/h1-5,9,12H,6-8H2. The van der Waals surface area contributed by atoms with Crippen LogP contribution in [-0.4, -0.2) is 54.8 Å². The fraction of sp³-hybridized carbons (Fsp3) is 0.316. The maximum atomic E-state index is 14.6. The number of carbonyl (C=O) groups excluding carboxylic acids is 1. The summed E-state index contributed by atoms with van der Waals surface area (Å²) in [4.78, 5) is 21.4. The van der Waals surface area contributed by atoms with Gasteiger partial charge in [0.2, 0.25) is 0 Å². The third-order valence-electron chi connectivity index (χ3n) is 5.38. The van der Waals surface area contributed by atoms with Gasteiger partial charge in [-0.15, -0.1) is 10.2 Å². The minimum atomic E-state index is -5.05. The van der Waals surface area contributed by atoms with Crippen LogP contribution in [-0.2, 0) is 17.5 Å². The predicted molar refractivity (Wildman–Crippen MR) is 95.9 cm³/mol. The zero-order chi connectivity index (χ0) is 22.6. The smallest absolute Gasteiger partial charge is 0.377 e. The molecule has 32 heavy (non-hydrogen) atoms. The monoisotopic (exact) mass is 452 g/mol. The molecule has 1 saturated heterocycles. The number of alkyl halides is 3. The van der Waals surface area contributed by atoms with E-state index in [1.54, 1.807) is 4.57 Å². The highest BCUT2D eigenvalue weighted by Crippen LogP contribution is 2.37. The molecule has 5 heterocycles. The SMILES string of the molecule is O=C(c1ccnc(C(F)(F)F)c1F)N1C2COCC1c1nnc(-c3ncccc3F)n1C2. The second-order valence-electron chi connectivity index (χ2n) is 7.26. The van der Waals surface area contributed by atoms with Crippen molar-refractivity contribution >= 4 is 5.91 Å². The molecule has 2 aliphatic rings. The number of nitrogens with zero attached hydrogens (tertiary/aromatic N) is 6. The lowest BCUT2D eigenvalue weighted by atomic mass is 10.0. The van der Waals surface area contributed by atoms with E-state index in [9.17, 15) is 26.7 Å². The summed E-state index contributed by atoms with van der Waals surface area (Å²) in [6, 6.07) is 2.02. The average molecular weight is 452 g/mol. The molecule has 3 aromatic rings. The summed E-state index contributed by atoms with van der Waals surface area (Å²) in [7, 11) is 0. The van der Waals surface area contributed by atoms with E-state index in [4.69, 9.17) is 4.74 Å². The van der Waals surface area contributed by atoms with E-state index in [0.717, 1.165) is 12.3 Å². The van der Waals surface area contributed by atoms with E-state index in [-0.39, 0.29) is 37.1 Å². The number of amides is 1. The second kappa shape index (κ2) is 7.29. The van der Waals surface area contributed by atoms with Crippen LogP contribution in [0.4, 0.5) is 22.0 Å². The van der Waals surface area contributed by atoms with Crippen molar-refractivity contribution in [2.24, 2.45) is 0 Å². The predicted octanol–water partition coefficient (Wildman–Crippen LogP) is 2.63. The molecule has 5 rings (SSSR count). The lowest BCUT2D eigenvalue weighted by molar-refractivity contribution is -0.143. The van der Waals surface area contributed by atoms with Gasteiger partial charge in [-0.2, -0.15) is 13.2 Å². The highest BCUT2D eigenvalue weighted by atomic mass is 19.4. The zero-order valence-corrected chi connectivity index (χ0v) is 16.1. The Kier molecular flexibility index (Phi) is 4.65. The summed E-state index contributed by atoms with van der Waals surface area (Å²) < 4.78 is 75.1. The molecular formula is C19H13F5N6O2. The van der Waals surface area contributed by atoms with Crippen LogP contribution in [0.5, 0.6) is 0 Å². The maximum Gasteiger partial charge on any atom is 0.436 e. The summed E-state index contributed by atoms with van der Waals surface area (Å²) >= 11 is 0. The van der Waals surface area contributed by atoms with Gasteiger partial charge in [0.15, 0.2) is 29.0 Å². The van der Waals surface area contributed by atoms with Crippen LogP contribution in [0.25, 0.3) is 11.5 Å². The van der Waals surface area contributed by atoms with Crippen molar-refractivity contribution in [1.82, 2.24) is 29.6 Å². The van der Waals surface area contributed by atoms with Crippen molar-refractivity contribution in [3.63, 3.8) is 0 Å². The van der Waals surface area contributed by atoms with Crippen molar-refractivity contribution in [2.45, 2.75) is 24.8 Å². The highest BCUT2D eigenvalue weighted by Gasteiger charge is 2.46. The molecule has 3 aromatic heterocycles. The molecule has 166 valence electrons. The normalized spacial score (nSPS) is 20.2. The molecule has 13 heteroatoms. The van der Waals surface area contributed by atoms with E-state index < -0.39 is 47.1 Å². The summed E-state index contributed by atoms with van der Waals surface area (Å²) in [5.74, 6) is -2.92. The van der Waals surface area contributed by atoms with Gasteiger partial charge >= 0.3 is 6.18 Å². The number of carbonyl (C=O) groups is 1. The number of fused-ring (bicyclic) bond motifs is 4. The van der Waals surface area contributed by atoms with Gasteiger partial charge in [0.25, 0.3) is 5.91 Å². The van der Waals surface area contributed by atoms with Crippen molar-refractivity contribution in [2.75, 3.05) is 13.2 Å². The van der Waals surface area contributed by atoms with Crippen molar-refractivity contribution in [3.05, 3.63) is 59.3 Å². The number of halogens is 5. The van der Waals surface area contributed by atoms with Gasteiger partial charge in [-0.1, -0.05) is 0 Å². The summed E-state index contributed by atoms with van der Waals surface area (Å²) in [5.41, 5.74) is -2.55. The van der Waals surface area contributed by atoms with Crippen LogP contribution >= 0.6 is 0 Å². The van der Waals surface area contributed by atoms with Crippen LogP contribution in [0.1, 0.15) is 27.9 Å². The molecule has 0 spiro atoms. The molecule has 2 unspecified atom stereocenters. The maximum absolute atomic E-state index is 14.6. The minimum absolute atomic E-state index is 0.0278. The number of hydrogen-bond donors (Lipinski definition) is 0.